The summed E-state index contributed by atoms with van der Waals surface area (Å²) in [6.07, 6.45) is 0.279. The zero-order valence-electron chi connectivity index (χ0n) is 11.3. The molecular weight excluding hydrogens is 286 g/mol. The minimum absolute atomic E-state index is 0.0505. The van der Waals surface area contributed by atoms with Gasteiger partial charge in [-0.05, 0) is 26.2 Å². The van der Waals surface area contributed by atoms with Crippen molar-refractivity contribution in [1.82, 2.24) is 5.32 Å². The fraction of sp³-hybridized carbons (Fsp3) is 0.833. The molecule has 7 nitrogen and oxygen atoms in total. The lowest BCUT2D eigenvalue weighted by Crippen LogP contribution is -2.43. The Morgan fingerprint density at radius 3 is 2.65 bits per heavy atom. The Bertz CT molecular complexity index is 482. The van der Waals surface area contributed by atoms with Crippen molar-refractivity contribution >= 4 is 21.7 Å². The maximum absolute atomic E-state index is 11.8. The molecule has 0 saturated carbocycles. The van der Waals surface area contributed by atoms with Crippen LogP contribution in [0.2, 0.25) is 0 Å². The van der Waals surface area contributed by atoms with Crippen LogP contribution in [0.3, 0.4) is 0 Å². The van der Waals surface area contributed by atoms with Gasteiger partial charge in [-0.25, -0.2) is 13.2 Å². The quantitative estimate of drug-likeness (QED) is 0.696. The first-order chi connectivity index (χ1) is 9.37. The molecule has 0 aromatic carbocycles. The summed E-state index contributed by atoms with van der Waals surface area (Å²) >= 11 is 0. The van der Waals surface area contributed by atoms with Crippen molar-refractivity contribution in [1.29, 1.82) is 0 Å². The van der Waals surface area contributed by atoms with Crippen molar-refractivity contribution in [2.24, 2.45) is 0 Å². The van der Waals surface area contributed by atoms with Crippen molar-refractivity contribution in [3.8, 4) is 0 Å². The van der Waals surface area contributed by atoms with Gasteiger partial charge in [-0.3, -0.25) is 4.79 Å². The summed E-state index contributed by atoms with van der Waals surface area (Å²) in [4.78, 5) is 23.5. The molecule has 2 rings (SSSR count). The third-order valence-corrected chi connectivity index (χ3v) is 5.20. The van der Waals surface area contributed by atoms with E-state index in [-0.39, 0.29) is 11.5 Å². The molecule has 0 aromatic rings. The van der Waals surface area contributed by atoms with Crippen LogP contribution in [0, 0.1) is 0 Å². The van der Waals surface area contributed by atoms with Crippen LogP contribution < -0.4 is 5.32 Å². The van der Waals surface area contributed by atoms with E-state index in [1.807, 2.05) is 0 Å². The number of ether oxygens (including phenoxy) is 2. The molecule has 0 unspecified atom stereocenters. The highest BCUT2D eigenvalue weighted by molar-refractivity contribution is 7.91. The van der Waals surface area contributed by atoms with Crippen LogP contribution in [0.4, 0.5) is 0 Å². The molecule has 0 spiro atoms. The first-order valence-corrected chi connectivity index (χ1v) is 8.52. The second-order valence-electron chi connectivity index (χ2n) is 5.19. The standard InChI is InChI=1S/C12H19NO6S/c1-8(19-12(15)10-3-2-5-18-10)11(14)13-9-4-6-20(16,17)7-9/h8-10H,2-7H2,1H3,(H,13,14)/t8-,9-,10-/m0/s1. The maximum atomic E-state index is 11.8. The molecule has 0 aliphatic carbocycles. The number of nitrogens with one attached hydrogen (secondary N) is 1. The first kappa shape index (κ1) is 15.2. The Kier molecular flexibility index (Phi) is 4.64. The summed E-state index contributed by atoms with van der Waals surface area (Å²) in [6.45, 7) is 1.99. The highest BCUT2D eigenvalue weighted by Gasteiger charge is 2.32. The number of carbonyl (C=O) groups is 2. The number of hydrogen-bond acceptors (Lipinski definition) is 6. The second kappa shape index (κ2) is 6.09. The topological polar surface area (TPSA) is 98.8 Å². The average Bonchev–Trinajstić information content (AvgIpc) is 2.98. The van der Waals surface area contributed by atoms with E-state index in [2.05, 4.69) is 5.32 Å². The van der Waals surface area contributed by atoms with Gasteiger partial charge in [-0.1, -0.05) is 0 Å². The molecule has 20 heavy (non-hydrogen) atoms. The molecule has 114 valence electrons. The molecule has 2 fully saturated rings. The highest BCUT2D eigenvalue weighted by Crippen LogP contribution is 2.15. The molecule has 2 aliphatic heterocycles. The number of sulfone groups is 1. The lowest BCUT2D eigenvalue weighted by molar-refractivity contribution is -0.163. The van der Waals surface area contributed by atoms with E-state index in [0.29, 0.717) is 19.4 Å². The summed E-state index contributed by atoms with van der Waals surface area (Å²) < 4.78 is 32.8. The molecule has 8 heteroatoms. The fourth-order valence-corrected chi connectivity index (χ4v) is 3.97. The molecule has 3 atom stereocenters. The fourth-order valence-electron chi connectivity index (χ4n) is 2.29. The van der Waals surface area contributed by atoms with Crippen molar-refractivity contribution < 1.29 is 27.5 Å². The van der Waals surface area contributed by atoms with Gasteiger partial charge in [-0.15, -0.1) is 0 Å². The molecule has 2 aliphatic rings. The van der Waals surface area contributed by atoms with Gasteiger partial charge in [0.05, 0.1) is 11.5 Å². The van der Waals surface area contributed by atoms with E-state index in [1.54, 1.807) is 0 Å². The monoisotopic (exact) mass is 305 g/mol. The van der Waals surface area contributed by atoms with E-state index < -0.39 is 40.0 Å². The molecule has 0 aromatic heterocycles. The molecule has 2 heterocycles. The average molecular weight is 305 g/mol. The van der Waals surface area contributed by atoms with Crippen LogP contribution in [0.15, 0.2) is 0 Å². The van der Waals surface area contributed by atoms with Crippen molar-refractivity contribution in [3.05, 3.63) is 0 Å². The zero-order valence-corrected chi connectivity index (χ0v) is 12.1. The Morgan fingerprint density at radius 2 is 2.10 bits per heavy atom. The van der Waals surface area contributed by atoms with Crippen molar-refractivity contribution in [2.45, 2.75) is 44.4 Å². The smallest absolute Gasteiger partial charge is 0.336 e. The minimum Gasteiger partial charge on any atom is -0.451 e. The van der Waals surface area contributed by atoms with Crippen molar-refractivity contribution in [3.63, 3.8) is 0 Å². The molecule has 2 saturated heterocycles. The van der Waals surface area contributed by atoms with Crippen LogP contribution in [0.1, 0.15) is 26.2 Å². The number of esters is 1. The Morgan fingerprint density at radius 1 is 1.35 bits per heavy atom. The number of carbonyl (C=O) groups excluding carboxylic acids is 2. The SMILES string of the molecule is C[C@H](OC(=O)[C@@H]1CCCO1)C(=O)N[C@H]1CCS(=O)(=O)C1. The highest BCUT2D eigenvalue weighted by atomic mass is 32.2. The Labute approximate surface area is 117 Å². The van der Waals surface area contributed by atoms with E-state index in [4.69, 9.17) is 9.47 Å². The van der Waals surface area contributed by atoms with Gasteiger partial charge < -0.3 is 14.8 Å². The minimum atomic E-state index is -3.05. The number of amides is 1. The Balaban J connectivity index is 1.78. The maximum Gasteiger partial charge on any atom is 0.336 e. The van der Waals surface area contributed by atoms with Gasteiger partial charge in [0.1, 0.15) is 0 Å². The molecule has 1 amide bonds. The van der Waals surface area contributed by atoms with Gasteiger partial charge in [0.25, 0.3) is 5.91 Å². The normalized spacial score (nSPS) is 29.9. The van der Waals surface area contributed by atoms with Crippen LogP contribution >= 0.6 is 0 Å². The third-order valence-electron chi connectivity index (χ3n) is 3.43. The van der Waals surface area contributed by atoms with E-state index in [1.165, 1.54) is 6.92 Å². The van der Waals surface area contributed by atoms with Crippen LogP contribution in [0.5, 0.6) is 0 Å². The van der Waals surface area contributed by atoms with Crippen LogP contribution in [0.25, 0.3) is 0 Å². The number of hydrogen-bond donors (Lipinski definition) is 1. The van der Waals surface area contributed by atoms with Gasteiger partial charge in [0.2, 0.25) is 0 Å². The van der Waals surface area contributed by atoms with E-state index in [0.717, 1.165) is 6.42 Å². The van der Waals surface area contributed by atoms with Gasteiger partial charge in [0, 0.05) is 12.6 Å². The predicted molar refractivity (Wildman–Crippen MR) is 69.7 cm³/mol. The Hall–Kier alpha value is -1.15. The summed E-state index contributed by atoms with van der Waals surface area (Å²) in [5.74, 6) is -0.977. The zero-order chi connectivity index (χ0) is 14.8. The first-order valence-electron chi connectivity index (χ1n) is 6.70. The van der Waals surface area contributed by atoms with Crippen LogP contribution in [-0.4, -0.2) is 56.7 Å². The van der Waals surface area contributed by atoms with Crippen molar-refractivity contribution in [2.75, 3.05) is 18.1 Å². The van der Waals surface area contributed by atoms with E-state index in [9.17, 15) is 18.0 Å². The molecule has 1 N–H and O–H groups in total. The van der Waals surface area contributed by atoms with Gasteiger partial charge >= 0.3 is 5.97 Å². The van der Waals surface area contributed by atoms with Gasteiger partial charge in [-0.2, -0.15) is 0 Å². The van der Waals surface area contributed by atoms with E-state index >= 15 is 0 Å². The second-order valence-corrected chi connectivity index (χ2v) is 7.42. The van der Waals surface area contributed by atoms with Crippen LogP contribution in [-0.2, 0) is 28.9 Å². The molecule has 0 bridgehead atoms. The predicted octanol–water partition coefficient (Wildman–Crippen LogP) is -0.600. The lowest BCUT2D eigenvalue weighted by atomic mass is 10.2. The summed E-state index contributed by atoms with van der Waals surface area (Å²) in [5.41, 5.74) is 0. The molecular formula is C12H19NO6S. The molecule has 0 radical (unpaired) electrons. The lowest BCUT2D eigenvalue weighted by Gasteiger charge is -2.18. The summed E-state index contributed by atoms with van der Waals surface area (Å²) in [7, 11) is -3.05. The largest absolute Gasteiger partial charge is 0.451 e. The summed E-state index contributed by atoms with van der Waals surface area (Å²) in [6, 6.07) is -0.392. The third kappa shape index (κ3) is 3.92. The number of rotatable bonds is 4. The van der Waals surface area contributed by atoms with Gasteiger partial charge in [0.15, 0.2) is 22.0 Å². The summed E-state index contributed by atoms with van der Waals surface area (Å²) in [5, 5.41) is 2.59.